The number of carbonyl (C=O) groups is 1. The third kappa shape index (κ3) is 8.89. The number of primary amides is 1. The van der Waals surface area contributed by atoms with Crippen molar-refractivity contribution >= 4 is 17.1 Å². The first kappa shape index (κ1) is 23.6. The maximum atomic E-state index is 12.1. The molecule has 1 aromatic carbocycles. The van der Waals surface area contributed by atoms with E-state index in [1.54, 1.807) is 24.3 Å². The van der Waals surface area contributed by atoms with E-state index < -0.39 is 22.0 Å². The van der Waals surface area contributed by atoms with Crippen molar-refractivity contribution in [3.05, 3.63) is 35.9 Å². The van der Waals surface area contributed by atoms with Gasteiger partial charge in [0.05, 0.1) is 0 Å². The fraction of sp³-hybridized carbons (Fsp3) is 0.667. The molecule has 0 saturated heterocycles. The van der Waals surface area contributed by atoms with Gasteiger partial charge < -0.3 is 15.6 Å². The molecule has 27 heavy (non-hydrogen) atoms. The zero-order chi connectivity index (χ0) is 20.0. The lowest BCUT2D eigenvalue weighted by Gasteiger charge is -2.31. The van der Waals surface area contributed by atoms with E-state index in [-0.39, 0.29) is 0 Å². The molecule has 0 aromatic heterocycles. The van der Waals surface area contributed by atoms with Crippen LogP contribution in [0.25, 0.3) is 0 Å². The van der Waals surface area contributed by atoms with Gasteiger partial charge in [0.15, 0.2) is 16.0 Å². The summed E-state index contributed by atoms with van der Waals surface area (Å²) in [6.07, 6.45) is 13.6. The fourth-order valence-corrected chi connectivity index (χ4v) is 4.30. The van der Waals surface area contributed by atoms with Gasteiger partial charge >= 0.3 is 6.03 Å². The van der Waals surface area contributed by atoms with Crippen LogP contribution in [0.4, 0.5) is 4.79 Å². The zero-order valence-corrected chi connectivity index (χ0v) is 17.4. The lowest BCUT2D eigenvalue weighted by atomic mass is 9.98. The molecule has 6 heteroatoms. The maximum Gasteiger partial charge on any atom is 0.313 e. The molecule has 2 atom stereocenters. The Kier molecular flexibility index (Phi) is 12.0. The van der Waals surface area contributed by atoms with Crippen LogP contribution in [0.3, 0.4) is 0 Å². The van der Waals surface area contributed by atoms with Crippen LogP contribution in [0.1, 0.15) is 89.5 Å². The van der Waals surface area contributed by atoms with Gasteiger partial charge in [-0.2, -0.15) is 0 Å². The van der Waals surface area contributed by atoms with Gasteiger partial charge in [0, 0.05) is 0 Å². The summed E-state index contributed by atoms with van der Waals surface area (Å²) < 4.78 is 22.0. The largest absolute Gasteiger partial charge is 0.352 e. The fourth-order valence-electron chi connectivity index (χ4n) is 3.46. The first-order valence-corrected chi connectivity index (χ1v) is 11.4. The summed E-state index contributed by atoms with van der Waals surface area (Å²) in [6.45, 7) is 2.23. The molecule has 2 unspecified atom stereocenters. The summed E-state index contributed by atoms with van der Waals surface area (Å²) in [6, 6.07) is 8.14. The van der Waals surface area contributed by atoms with E-state index in [9.17, 15) is 13.6 Å². The minimum Gasteiger partial charge on any atom is -0.352 e. The number of nitrogens with one attached hydrogen (secondary N) is 1. The Morgan fingerprint density at radius 2 is 1.44 bits per heavy atom. The predicted molar refractivity (Wildman–Crippen MR) is 113 cm³/mol. The molecule has 0 saturated carbocycles. The second-order valence-electron chi connectivity index (χ2n) is 7.22. The molecule has 0 aliphatic heterocycles. The van der Waals surface area contributed by atoms with Crippen LogP contribution in [0.5, 0.6) is 0 Å². The van der Waals surface area contributed by atoms with Crippen molar-refractivity contribution in [2.24, 2.45) is 5.73 Å². The molecule has 154 valence electrons. The highest BCUT2D eigenvalue weighted by molar-refractivity contribution is 7.80. The van der Waals surface area contributed by atoms with E-state index in [4.69, 9.17) is 5.73 Å². The van der Waals surface area contributed by atoms with Gasteiger partial charge in [0.25, 0.3) is 0 Å². The zero-order valence-electron chi connectivity index (χ0n) is 16.6. The lowest BCUT2D eigenvalue weighted by molar-refractivity contribution is 0.240. The Labute approximate surface area is 166 Å². The first-order valence-electron chi connectivity index (χ1n) is 10.3. The van der Waals surface area contributed by atoms with Crippen LogP contribution in [-0.4, -0.2) is 14.8 Å². The highest BCUT2D eigenvalue weighted by Crippen LogP contribution is 2.30. The highest BCUT2D eigenvalue weighted by atomic mass is 32.2. The number of urea groups is 1. The molecule has 0 aliphatic rings. The molecule has 0 aliphatic carbocycles. The predicted octanol–water partition coefficient (Wildman–Crippen LogP) is 5.43. The lowest BCUT2D eigenvalue weighted by Crippen LogP contribution is -2.51. The highest BCUT2D eigenvalue weighted by Gasteiger charge is 2.39. The van der Waals surface area contributed by atoms with Crippen LogP contribution in [0.15, 0.2) is 30.3 Å². The van der Waals surface area contributed by atoms with Gasteiger partial charge in [-0.15, -0.1) is 0 Å². The van der Waals surface area contributed by atoms with Crippen molar-refractivity contribution in [3.8, 4) is 0 Å². The second kappa shape index (κ2) is 13.7. The summed E-state index contributed by atoms with van der Waals surface area (Å²) >= 11 is -2.26. The minimum absolute atomic E-state index is 0.389. The average molecular weight is 397 g/mol. The second-order valence-corrected chi connectivity index (χ2v) is 8.41. The van der Waals surface area contributed by atoms with Crippen molar-refractivity contribution in [1.29, 1.82) is 0 Å². The van der Waals surface area contributed by atoms with Gasteiger partial charge in [-0.25, -0.2) is 9.00 Å². The van der Waals surface area contributed by atoms with Crippen LogP contribution in [-0.2, 0) is 16.0 Å². The molecule has 0 spiro atoms. The average Bonchev–Trinajstić information content (AvgIpc) is 2.65. The Hall–Kier alpha value is -1.40. The summed E-state index contributed by atoms with van der Waals surface area (Å²) in [5.41, 5.74) is 5.89. The van der Waals surface area contributed by atoms with E-state index in [2.05, 4.69) is 12.2 Å². The maximum absolute atomic E-state index is 12.1. The van der Waals surface area contributed by atoms with Crippen LogP contribution >= 0.6 is 0 Å². The monoisotopic (exact) mass is 396 g/mol. The molecule has 0 radical (unpaired) electrons. The van der Waals surface area contributed by atoms with Gasteiger partial charge in [0.2, 0.25) is 0 Å². The summed E-state index contributed by atoms with van der Waals surface area (Å²) in [7, 11) is 0. The quantitative estimate of drug-likeness (QED) is 0.272. The topological polar surface area (TPSA) is 92.4 Å². The van der Waals surface area contributed by atoms with E-state index in [0.717, 1.165) is 19.3 Å². The summed E-state index contributed by atoms with van der Waals surface area (Å²) in [5.74, 6) is 0. The van der Waals surface area contributed by atoms with E-state index in [1.807, 2.05) is 6.07 Å². The Bertz CT molecular complexity index is 554. The summed E-state index contributed by atoms with van der Waals surface area (Å²) in [4.78, 5) is 10.1. The number of benzene rings is 1. The number of hydrogen-bond acceptors (Lipinski definition) is 2. The SMILES string of the molecule is CCCCCCCCCCCCCC(NC(N)=O)(c1ccccc1)S(=O)O. The Morgan fingerprint density at radius 1 is 0.963 bits per heavy atom. The first-order chi connectivity index (χ1) is 13.0. The van der Waals surface area contributed by atoms with E-state index in [1.165, 1.54) is 51.4 Å². The number of rotatable bonds is 15. The van der Waals surface area contributed by atoms with Crippen molar-refractivity contribution in [2.45, 2.75) is 88.8 Å². The molecule has 2 amide bonds. The molecule has 0 fully saturated rings. The Balaban J connectivity index is 2.40. The third-order valence-corrected chi connectivity index (χ3v) is 6.13. The molecule has 5 nitrogen and oxygen atoms in total. The van der Waals surface area contributed by atoms with Crippen LogP contribution in [0.2, 0.25) is 0 Å². The molecule has 0 heterocycles. The van der Waals surface area contributed by atoms with Gasteiger partial charge in [-0.3, -0.25) is 0 Å². The number of hydrogen-bond donors (Lipinski definition) is 3. The number of carbonyl (C=O) groups excluding carboxylic acids is 1. The van der Waals surface area contributed by atoms with Gasteiger partial charge in [0.1, 0.15) is 0 Å². The minimum atomic E-state index is -2.26. The van der Waals surface area contributed by atoms with Crippen LogP contribution < -0.4 is 11.1 Å². The number of unbranched alkanes of at least 4 members (excludes halogenated alkanes) is 10. The van der Waals surface area contributed by atoms with Crippen molar-refractivity contribution < 1.29 is 13.6 Å². The molecule has 1 rings (SSSR count). The molecule has 4 N–H and O–H groups in total. The number of nitrogens with two attached hydrogens (primary N) is 1. The summed E-state index contributed by atoms with van der Waals surface area (Å²) in [5, 5.41) is 2.53. The number of amides is 2. The molecular weight excluding hydrogens is 360 g/mol. The standard InChI is InChI=1S/C21H36N2O3S/c1-2-3-4-5-6-7-8-9-10-11-15-18-21(27(25)26,23-20(22)24)19-16-13-12-14-17-19/h12-14,16-17H,2-11,15,18H2,1H3,(H,25,26)(H3,22,23,24). The Morgan fingerprint density at radius 3 is 1.89 bits per heavy atom. The van der Waals surface area contributed by atoms with E-state index in [0.29, 0.717) is 12.0 Å². The van der Waals surface area contributed by atoms with Crippen molar-refractivity contribution in [2.75, 3.05) is 0 Å². The van der Waals surface area contributed by atoms with Gasteiger partial charge in [-0.1, -0.05) is 101 Å². The van der Waals surface area contributed by atoms with Crippen molar-refractivity contribution in [3.63, 3.8) is 0 Å². The van der Waals surface area contributed by atoms with E-state index >= 15 is 0 Å². The van der Waals surface area contributed by atoms with Crippen molar-refractivity contribution in [1.82, 2.24) is 5.32 Å². The molecule has 1 aromatic rings. The van der Waals surface area contributed by atoms with Gasteiger partial charge in [-0.05, 0) is 18.4 Å². The van der Waals surface area contributed by atoms with Crippen LogP contribution in [0, 0.1) is 0 Å². The normalized spacial score (nSPS) is 14.4. The smallest absolute Gasteiger partial charge is 0.313 e. The molecule has 0 bridgehead atoms. The third-order valence-electron chi connectivity index (χ3n) is 5.00. The molecular formula is C21H36N2O3S.